The average molecular weight is 273 g/mol. The Bertz CT molecular complexity index is 289. The largest absolute Gasteiger partial charge is 0.391 e. The molecule has 2 atom stereocenters. The van der Waals surface area contributed by atoms with Crippen LogP contribution < -0.4 is 5.32 Å². The fourth-order valence-electron chi connectivity index (χ4n) is 1.16. The van der Waals surface area contributed by atoms with E-state index in [2.05, 4.69) is 33.2 Å². The van der Waals surface area contributed by atoms with E-state index in [0.29, 0.717) is 12.5 Å². The highest BCUT2D eigenvalue weighted by atomic mass is 79.9. The molecule has 2 unspecified atom stereocenters. The molecule has 15 heavy (non-hydrogen) atoms. The van der Waals surface area contributed by atoms with Gasteiger partial charge in [-0.25, -0.2) is 4.98 Å². The van der Waals surface area contributed by atoms with Crippen molar-refractivity contribution in [1.29, 1.82) is 0 Å². The Hall–Kier alpha value is -0.610. The van der Waals surface area contributed by atoms with Crippen molar-refractivity contribution in [3.05, 3.63) is 22.8 Å². The number of anilines is 1. The van der Waals surface area contributed by atoms with Crippen LogP contribution in [0.2, 0.25) is 0 Å². The molecule has 1 heterocycles. The molecule has 4 heteroatoms. The molecule has 0 saturated heterocycles. The summed E-state index contributed by atoms with van der Waals surface area (Å²) in [7, 11) is 0. The van der Waals surface area contributed by atoms with Crippen LogP contribution in [0.25, 0.3) is 0 Å². The Morgan fingerprint density at radius 1 is 1.53 bits per heavy atom. The maximum atomic E-state index is 9.73. The molecule has 0 aliphatic carbocycles. The number of aromatic nitrogens is 1. The van der Waals surface area contributed by atoms with Crippen molar-refractivity contribution >= 4 is 21.7 Å². The van der Waals surface area contributed by atoms with Crippen LogP contribution in [0.15, 0.2) is 22.8 Å². The molecule has 0 spiro atoms. The molecule has 0 fully saturated rings. The fourth-order valence-corrected chi connectivity index (χ4v) is 1.40. The number of aliphatic hydroxyl groups excluding tert-OH is 1. The van der Waals surface area contributed by atoms with Gasteiger partial charge in [0.1, 0.15) is 5.82 Å². The molecule has 0 aliphatic heterocycles. The molecular formula is C11H17BrN2O. The van der Waals surface area contributed by atoms with Gasteiger partial charge in [-0.15, -0.1) is 0 Å². The van der Waals surface area contributed by atoms with E-state index in [1.165, 1.54) is 0 Å². The van der Waals surface area contributed by atoms with Crippen LogP contribution in [-0.4, -0.2) is 22.7 Å². The van der Waals surface area contributed by atoms with Gasteiger partial charge in [-0.3, -0.25) is 0 Å². The Morgan fingerprint density at radius 3 is 2.80 bits per heavy atom. The first-order valence-corrected chi connectivity index (χ1v) is 5.96. The summed E-state index contributed by atoms with van der Waals surface area (Å²) in [5.41, 5.74) is 0. The van der Waals surface area contributed by atoms with Gasteiger partial charge in [-0.2, -0.15) is 0 Å². The predicted molar refractivity (Wildman–Crippen MR) is 65.9 cm³/mol. The van der Waals surface area contributed by atoms with Crippen molar-refractivity contribution in [3.63, 3.8) is 0 Å². The van der Waals surface area contributed by atoms with Crippen molar-refractivity contribution in [2.75, 3.05) is 11.9 Å². The highest BCUT2D eigenvalue weighted by Crippen LogP contribution is 2.12. The average Bonchev–Trinajstić information content (AvgIpc) is 2.26. The molecule has 1 aromatic rings. The second-order valence-corrected chi connectivity index (χ2v) is 4.61. The van der Waals surface area contributed by atoms with E-state index in [1.807, 2.05) is 19.1 Å². The summed E-state index contributed by atoms with van der Waals surface area (Å²) < 4.78 is 0.954. The summed E-state index contributed by atoms with van der Waals surface area (Å²) in [4.78, 5) is 4.17. The number of pyridine rings is 1. The van der Waals surface area contributed by atoms with Gasteiger partial charge in [-0.1, -0.05) is 20.3 Å². The second kappa shape index (κ2) is 6.08. The maximum Gasteiger partial charge on any atom is 0.126 e. The van der Waals surface area contributed by atoms with Crippen LogP contribution in [-0.2, 0) is 0 Å². The zero-order valence-electron chi connectivity index (χ0n) is 9.07. The zero-order valence-corrected chi connectivity index (χ0v) is 10.7. The molecule has 1 rings (SSSR count). The molecule has 0 saturated carbocycles. The molecule has 0 aromatic carbocycles. The van der Waals surface area contributed by atoms with Gasteiger partial charge < -0.3 is 10.4 Å². The van der Waals surface area contributed by atoms with Gasteiger partial charge in [0.15, 0.2) is 0 Å². The van der Waals surface area contributed by atoms with Crippen molar-refractivity contribution < 1.29 is 5.11 Å². The summed E-state index contributed by atoms with van der Waals surface area (Å²) >= 11 is 3.32. The van der Waals surface area contributed by atoms with Crippen molar-refractivity contribution in [3.8, 4) is 0 Å². The summed E-state index contributed by atoms with van der Waals surface area (Å²) in [5, 5.41) is 12.8. The quantitative estimate of drug-likeness (QED) is 0.867. The number of rotatable bonds is 5. The fraction of sp³-hybridized carbons (Fsp3) is 0.545. The maximum absolute atomic E-state index is 9.73. The topological polar surface area (TPSA) is 45.1 Å². The first-order chi connectivity index (χ1) is 7.13. The van der Waals surface area contributed by atoms with E-state index in [9.17, 15) is 5.11 Å². The lowest BCUT2D eigenvalue weighted by Gasteiger charge is -2.17. The van der Waals surface area contributed by atoms with Gasteiger partial charge in [0.05, 0.1) is 6.10 Å². The van der Waals surface area contributed by atoms with Crippen molar-refractivity contribution in [2.24, 2.45) is 5.92 Å². The number of nitrogens with zero attached hydrogens (tertiary/aromatic N) is 1. The normalized spacial score (nSPS) is 14.7. The minimum Gasteiger partial charge on any atom is -0.391 e. The molecular weight excluding hydrogens is 256 g/mol. The first-order valence-electron chi connectivity index (χ1n) is 5.17. The van der Waals surface area contributed by atoms with Crippen LogP contribution in [0, 0.1) is 5.92 Å². The lowest BCUT2D eigenvalue weighted by molar-refractivity contribution is 0.126. The third kappa shape index (κ3) is 4.18. The van der Waals surface area contributed by atoms with Crippen LogP contribution in [0.4, 0.5) is 5.82 Å². The number of aliphatic hydroxyl groups is 1. The summed E-state index contributed by atoms with van der Waals surface area (Å²) in [6.07, 6.45) is 2.40. The van der Waals surface area contributed by atoms with Gasteiger partial charge >= 0.3 is 0 Å². The van der Waals surface area contributed by atoms with Crippen molar-refractivity contribution in [2.45, 2.75) is 26.4 Å². The number of nitrogens with one attached hydrogen (secondary N) is 1. The van der Waals surface area contributed by atoms with E-state index in [0.717, 1.165) is 16.7 Å². The van der Waals surface area contributed by atoms with E-state index in [1.54, 1.807) is 6.20 Å². The second-order valence-electron chi connectivity index (χ2n) is 3.70. The number of hydrogen-bond donors (Lipinski definition) is 2. The minimum atomic E-state index is -0.319. The SMILES string of the molecule is CCC(C)C(O)CNc1ccc(Br)cn1. The zero-order chi connectivity index (χ0) is 11.3. The molecule has 3 nitrogen and oxygen atoms in total. The summed E-state index contributed by atoms with van der Waals surface area (Å²) in [6, 6.07) is 3.80. The van der Waals surface area contributed by atoms with E-state index in [-0.39, 0.29) is 6.10 Å². The highest BCUT2D eigenvalue weighted by Gasteiger charge is 2.11. The Labute approximate surface area is 99.1 Å². The van der Waals surface area contributed by atoms with Gasteiger partial charge in [0.25, 0.3) is 0 Å². The lowest BCUT2D eigenvalue weighted by Crippen LogP contribution is -2.26. The first kappa shape index (κ1) is 12.5. The lowest BCUT2D eigenvalue weighted by atomic mass is 10.0. The third-order valence-electron chi connectivity index (χ3n) is 2.52. The Kier molecular flexibility index (Phi) is 5.05. The van der Waals surface area contributed by atoms with Gasteiger partial charge in [0, 0.05) is 17.2 Å². The molecule has 0 aliphatic rings. The molecule has 0 bridgehead atoms. The van der Waals surface area contributed by atoms with E-state index >= 15 is 0 Å². The van der Waals surface area contributed by atoms with Crippen LogP contribution in [0.5, 0.6) is 0 Å². The molecule has 0 radical (unpaired) electrons. The van der Waals surface area contributed by atoms with Crippen molar-refractivity contribution in [1.82, 2.24) is 4.98 Å². The minimum absolute atomic E-state index is 0.313. The monoisotopic (exact) mass is 272 g/mol. The van der Waals surface area contributed by atoms with Crippen LogP contribution in [0.1, 0.15) is 20.3 Å². The Balaban J connectivity index is 2.40. The Morgan fingerprint density at radius 2 is 2.27 bits per heavy atom. The predicted octanol–water partition coefficient (Wildman–Crippen LogP) is 2.66. The molecule has 2 N–H and O–H groups in total. The third-order valence-corrected chi connectivity index (χ3v) is 2.99. The highest BCUT2D eigenvalue weighted by molar-refractivity contribution is 9.10. The number of hydrogen-bond acceptors (Lipinski definition) is 3. The molecule has 0 amide bonds. The summed E-state index contributed by atoms with van der Waals surface area (Å²) in [6.45, 7) is 4.66. The van der Waals surface area contributed by atoms with E-state index in [4.69, 9.17) is 0 Å². The smallest absolute Gasteiger partial charge is 0.126 e. The standard InChI is InChI=1S/C11H17BrN2O/c1-3-8(2)10(15)7-14-11-5-4-9(12)6-13-11/h4-6,8,10,15H,3,7H2,1-2H3,(H,13,14). The van der Waals surface area contributed by atoms with Crippen LogP contribution in [0.3, 0.4) is 0 Å². The van der Waals surface area contributed by atoms with Gasteiger partial charge in [0.2, 0.25) is 0 Å². The van der Waals surface area contributed by atoms with Gasteiger partial charge in [-0.05, 0) is 34.0 Å². The molecule has 1 aromatic heterocycles. The van der Waals surface area contributed by atoms with Crippen LogP contribution >= 0.6 is 15.9 Å². The van der Waals surface area contributed by atoms with E-state index < -0.39 is 0 Å². The molecule has 84 valence electrons. The number of halogens is 1. The summed E-state index contributed by atoms with van der Waals surface area (Å²) in [5.74, 6) is 1.11.